The summed E-state index contributed by atoms with van der Waals surface area (Å²) in [5, 5.41) is -0.506. The Labute approximate surface area is 149 Å². The van der Waals surface area contributed by atoms with Gasteiger partial charge in [0.15, 0.2) is 0 Å². The number of methoxy groups -OCH3 is 2. The molecule has 1 saturated heterocycles. The first-order valence-corrected chi connectivity index (χ1v) is 8.37. The largest absolute Gasteiger partial charge is 0.496 e. The normalized spacial score (nSPS) is 15.7. The number of ether oxygens (including phenoxy) is 3. The zero-order chi connectivity index (χ0) is 18.6. The van der Waals surface area contributed by atoms with E-state index >= 15 is 0 Å². The lowest BCUT2D eigenvalue weighted by atomic mass is 10.1. The second kappa shape index (κ2) is 8.06. The molecule has 0 spiro atoms. The topological polar surface area (TPSA) is 82.1 Å². The van der Waals surface area contributed by atoms with Crippen LogP contribution in [0.5, 0.6) is 11.5 Å². The highest BCUT2D eigenvalue weighted by Gasteiger charge is 2.36. The van der Waals surface area contributed by atoms with Gasteiger partial charge in [-0.25, -0.2) is 0 Å². The van der Waals surface area contributed by atoms with Crippen molar-refractivity contribution in [1.29, 1.82) is 0 Å². The maximum atomic E-state index is 12.4. The third kappa shape index (κ3) is 3.96. The Kier molecular flexibility index (Phi) is 6.08. The molecule has 8 heteroatoms. The number of rotatable bonds is 6. The molecule has 2 rings (SSSR count). The number of amides is 2. The fraction of sp³-hybridized carbons (Fsp3) is 0.353. The third-order valence-corrected chi connectivity index (χ3v) is 4.47. The first-order valence-electron chi connectivity index (χ1n) is 7.55. The number of hydrogen-bond acceptors (Lipinski definition) is 7. The predicted molar refractivity (Wildman–Crippen MR) is 93.6 cm³/mol. The van der Waals surface area contributed by atoms with Crippen LogP contribution in [0, 0.1) is 6.92 Å². The number of imide groups is 1. The summed E-state index contributed by atoms with van der Waals surface area (Å²) in [6.07, 6.45) is 1.57. The number of benzene rings is 1. The summed E-state index contributed by atoms with van der Waals surface area (Å²) >= 11 is 0.776. The molecule has 0 N–H and O–H groups in total. The minimum Gasteiger partial charge on any atom is -0.496 e. The lowest BCUT2D eigenvalue weighted by molar-refractivity contribution is -0.145. The first-order chi connectivity index (χ1) is 11.9. The van der Waals surface area contributed by atoms with Crippen LogP contribution in [0.4, 0.5) is 4.79 Å². The molecule has 0 atom stereocenters. The molecule has 25 heavy (non-hydrogen) atoms. The van der Waals surface area contributed by atoms with Gasteiger partial charge in [0.25, 0.3) is 11.1 Å². The van der Waals surface area contributed by atoms with E-state index in [4.69, 9.17) is 14.2 Å². The number of hydrogen-bond donors (Lipinski definition) is 0. The van der Waals surface area contributed by atoms with Gasteiger partial charge < -0.3 is 14.2 Å². The van der Waals surface area contributed by atoms with Gasteiger partial charge in [-0.05, 0) is 43.8 Å². The average molecular weight is 365 g/mol. The number of esters is 1. The van der Waals surface area contributed by atoms with Crippen molar-refractivity contribution in [2.75, 3.05) is 27.4 Å². The van der Waals surface area contributed by atoms with Crippen molar-refractivity contribution in [3.05, 3.63) is 28.2 Å². The van der Waals surface area contributed by atoms with Gasteiger partial charge in [-0.3, -0.25) is 19.3 Å². The van der Waals surface area contributed by atoms with Gasteiger partial charge in [-0.1, -0.05) is 0 Å². The molecule has 0 aliphatic carbocycles. The highest BCUT2D eigenvalue weighted by Crippen LogP contribution is 2.37. The maximum Gasteiger partial charge on any atom is 0.326 e. The minimum atomic E-state index is -0.621. The average Bonchev–Trinajstić information content (AvgIpc) is 2.83. The van der Waals surface area contributed by atoms with Crippen molar-refractivity contribution in [2.45, 2.75) is 13.8 Å². The zero-order valence-corrected chi connectivity index (χ0v) is 15.3. The van der Waals surface area contributed by atoms with E-state index in [9.17, 15) is 14.4 Å². The van der Waals surface area contributed by atoms with Gasteiger partial charge in [0.2, 0.25) is 0 Å². The Bertz CT molecular complexity index is 743. The van der Waals surface area contributed by atoms with Crippen LogP contribution in [0.15, 0.2) is 17.0 Å². The van der Waals surface area contributed by atoms with E-state index in [0.29, 0.717) is 17.1 Å². The van der Waals surface area contributed by atoms with Crippen LogP contribution in [0.1, 0.15) is 18.1 Å². The molecule has 0 unspecified atom stereocenters. The third-order valence-electron chi connectivity index (χ3n) is 3.56. The Morgan fingerprint density at radius 2 is 1.96 bits per heavy atom. The van der Waals surface area contributed by atoms with Gasteiger partial charge >= 0.3 is 5.97 Å². The standard InChI is InChI=1S/C17H19NO6S/c1-5-24-14(19)9-18-16(20)13(25-17(18)21)8-11-6-7-12(22-3)10(2)15(11)23-4/h6-8H,5,9H2,1-4H3/b13-8+. The molecule has 0 aromatic heterocycles. The van der Waals surface area contributed by atoms with E-state index < -0.39 is 23.7 Å². The van der Waals surface area contributed by atoms with Gasteiger partial charge in [-0.15, -0.1) is 0 Å². The smallest absolute Gasteiger partial charge is 0.326 e. The summed E-state index contributed by atoms with van der Waals surface area (Å²) in [5.41, 5.74) is 1.42. The Morgan fingerprint density at radius 3 is 2.56 bits per heavy atom. The van der Waals surface area contributed by atoms with Crippen molar-refractivity contribution in [3.8, 4) is 11.5 Å². The molecule has 1 heterocycles. The number of nitrogens with zero attached hydrogens (tertiary/aromatic N) is 1. The number of thioether (sulfide) groups is 1. The van der Waals surface area contributed by atoms with Crippen LogP contribution in [-0.2, 0) is 14.3 Å². The molecular formula is C17H19NO6S. The van der Waals surface area contributed by atoms with Crippen molar-refractivity contribution in [1.82, 2.24) is 4.90 Å². The van der Waals surface area contributed by atoms with Gasteiger partial charge in [-0.2, -0.15) is 0 Å². The van der Waals surface area contributed by atoms with Crippen LogP contribution in [0.3, 0.4) is 0 Å². The van der Waals surface area contributed by atoms with E-state index in [-0.39, 0.29) is 11.5 Å². The van der Waals surface area contributed by atoms with Crippen molar-refractivity contribution in [2.24, 2.45) is 0 Å². The van der Waals surface area contributed by atoms with Crippen LogP contribution in [0.2, 0.25) is 0 Å². The molecular weight excluding hydrogens is 346 g/mol. The van der Waals surface area contributed by atoms with Crippen LogP contribution in [0.25, 0.3) is 6.08 Å². The fourth-order valence-electron chi connectivity index (χ4n) is 2.41. The first kappa shape index (κ1) is 18.9. The summed E-state index contributed by atoms with van der Waals surface area (Å²) in [6.45, 7) is 3.28. The minimum absolute atomic E-state index is 0.188. The molecule has 0 bridgehead atoms. The zero-order valence-electron chi connectivity index (χ0n) is 14.5. The summed E-state index contributed by atoms with van der Waals surface area (Å²) in [6, 6.07) is 3.50. The van der Waals surface area contributed by atoms with E-state index in [1.807, 2.05) is 6.92 Å². The van der Waals surface area contributed by atoms with E-state index in [1.165, 1.54) is 7.11 Å². The van der Waals surface area contributed by atoms with Crippen molar-refractivity contribution >= 4 is 35.0 Å². The molecule has 1 fully saturated rings. The Balaban J connectivity index is 2.31. The molecule has 1 aromatic carbocycles. The summed E-state index contributed by atoms with van der Waals surface area (Å²) in [4.78, 5) is 37.1. The highest BCUT2D eigenvalue weighted by atomic mass is 32.2. The molecule has 134 valence electrons. The van der Waals surface area contributed by atoms with Gasteiger partial charge in [0.1, 0.15) is 18.0 Å². The van der Waals surface area contributed by atoms with Crippen molar-refractivity contribution in [3.63, 3.8) is 0 Å². The predicted octanol–water partition coefficient (Wildman–Crippen LogP) is 2.61. The van der Waals surface area contributed by atoms with Crippen LogP contribution in [-0.4, -0.2) is 49.4 Å². The van der Waals surface area contributed by atoms with Gasteiger partial charge in [0.05, 0.1) is 25.7 Å². The Hall–Kier alpha value is -2.48. The molecule has 0 radical (unpaired) electrons. The van der Waals surface area contributed by atoms with E-state index in [1.54, 1.807) is 32.2 Å². The molecule has 1 aromatic rings. The maximum absolute atomic E-state index is 12.4. The number of carbonyl (C=O) groups is 3. The molecule has 1 aliphatic heterocycles. The molecule has 0 saturated carbocycles. The van der Waals surface area contributed by atoms with Gasteiger partial charge in [0, 0.05) is 11.1 Å². The second-order valence-electron chi connectivity index (χ2n) is 5.09. The quantitative estimate of drug-likeness (QED) is 0.566. The van der Waals surface area contributed by atoms with E-state index in [2.05, 4.69) is 0 Å². The highest BCUT2D eigenvalue weighted by molar-refractivity contribution is 8.18. The monoisotopic (exact) mass is 365 g/mol. The summed E-state index contributed by atoms with van der Waals surface area (Å²) in [5.74, 6) is 0.0588. The fourth-order valence-corrected chi connectivity index (χ4v) is 3.24. The van der Waals surface area contributed by atoms with E-state index in [0.717, 1.165) is 22.2 Å². The SMILES string of the molecule is CCOC(=O)CN1C(=O)S/C(=C/c2ccc(OC)c(C)c2OC)C1=O. The Morgan fingerprint density at radius 1 is 1.24 bits per heavy atom. The summed E-state index contributed by atoms with van der Waals surface area (Å²) < 4.78 is 15.4. The lowest BCUT2D eigenvalue weighted by Gasteiger charge is -2.13. The molecule has 2 amide bonds. The number of carbonyl (C=O) groups excluding carboxylic acids is 3. The summed E-state index contributed by atoms with van der Waals surface area (Å²) in [7, 11) is 3.08. The van der Waals surface area contributed by atoms with Crippen LogP contribution < -0.4 is 9.47 Å². The van der Waals surface area contributed by atoms with Crippen molar-refractivity contribution < 1.29 is 28.6 Å². The lowest BCUT2D eigenvalue weighted by Crippen LogP contribution is -2.34. The molecule has 7 nitrogen and oxygen atoms in total. The molecule has 1 aliphatic rings. The second-order valence-corrected chi connectivity index (χ2v) is 6.08. The van der Waals surface area contributed by atoms with Crippen LogP contribution >= 0.6 is 11.8 Å².